The van der Waals surface area contributed by atoms with Gasteiger partial charge < -0.3 is 10.6 Å². The topological polar surface area (TPSA) is 66.9 Å². The van der Waals surface area contributed by atoms with Gasteiger partial charge in [-0.2, -0.15) is 0 Å². The van der Waals surface area contributed by atoms with Gasteiger partial charge in [-0.3, -0.25) is 4.79 Å². The molecule has 27 heavy (non-hydrogen) atoms. The van der Waals surface area contributed by atoms with Crippen molar-refractivity contribution in [3.8, 4) is 0 Å². The van der Waals surface area contributed by atoms with Gasteiger partial charge in [0.15, 0.2) is 0 Å². The van der Waals surface area contributed by atoms with Crippen molar-refractivity contribution in [1.29, 1.82) is 0 Å². The number of halogens is 2. The number of nitrogens with one attached hydrogen (secondary N) is 2. The Hall–Kier alpha value is -2.99. The highest BCUT2D eigenvalue weighted by atomic mass is 35.5. The molecule has 1 aromatic heterocycles. The van der Waals surface area contributed by atoms with Crippen molar-refractivity contribution >= 4 is 29.1 Å². The molecule has 0 bridgehead atoms. The number of hydrogen-bond donors (Lipinski definition) is 2. The molecule has 1 heterocycles. The molecule has 0 atom stereocenters. The Bertz CT molecular complexity index is 976. The number of carbonyl (C=O) groups is 1. The summed E-state index contributed by atoms with van der Waals surface area (Å²) in [5.41, 5.74) is 3.29. The highest BCUT2D eigenvalue weighted by Gasteiger charge is 2.12. The number of aromatic nitrogens is 2. The van der Waals surface area contributed by atoms with Crippen molar-refractivity contribution in [2.24, 2.45) is 0 Å². The highest BCUT2D eigenvalue weighted by Crippen LogP contribution is 2.20. The summed E-state index contributed by atoms with van der Waals surface area (Å²) in [5, 5.41) is 6.41. The maximum atomic E-state index is 13.0. The first-order valence-corrected chi connectivity index (χ1v) is 8.70. The van der Waals surface area contributed by atoms with Crippen molar-refractivity contribution in [3.05, 3.63) is 81.9 Å². The van der Waals surface area contributed by atoms with Crippen molar-refractivity contribution < 1.29 is 9.18 Å². The van der Waals surface area contributed by atoms with Crippen LogP contribution in [0.5, 0.6) is 0 Å². The van der Waals surface area contributed by atoms with Gasteiger partial charge in [0.1, 0.15) is 11.5 Å². The molecular weight excluding hydrogens is 367 g/mol. The second-order valence-corrected chi connectivity index (χ2v) is 6.52. The maximum Gasteiger partial charge on any atom is 0.274 e. The standard InChI is InChI=1S/C20H18ClFN4O/c1-12-3-8-16(10-17(12)21)25-19(27)18-9-13(2)24-20(26-18)23-11-14-4-6-15(22)7-5-14/h3-10H,11H2,1-2H3,(H,25,27)(H,23,24,26). The molecule has 0 spiro atoms. The lowest BCUT2D eigenvalue weighted by molar-refractivity contribution is 0.102. The monoisotopic (exact) mass is 384 g/mol. The van der Waals surface area contributed by atoms with E-state index >= 15 is 0 Å². The molecule has 0 saturated carbocycles. The van der Waals surface area contributed by atoms with Gasteiger partial charge >= 0.3 is 0 Å². The minimum atomic E-state index is -0.356. The van der Waals surface area contributed by atoms with E-state index in [0.717, 1.165) is 11.1 Å². The van der Waals surface area contributed by atoms with E-state index in [1.165, 1.54) is 12.1 Å². The zero-order chi connectivity index (χ0) is 19.4. The van der Waals surface area contributed by atoms with Crippen LogP contribution in [0.3, 0.4) is 0 Å². The predicted octanol–water partition coefficient (Wildman–Crippen LogP) is 4.75. The summed E-state index contributed by atoms with van der Waals surface area (Å²) in [6.07, 6.45) is 0. The van der Waals surface area contributed by atoms with E-state index in [1.807, 2.05) is 13.0 Å². The van der Waals surface area contributed by atoms with Gasteiger partial charge in [-0.05, 0) is 55.3 Å². The average Bonchev–Trinajstić information content (AvgIpc) is 2.64. The molecule has 1 amide bonds. The van der Waals surface area contributed by atoms with Crippen molar-refractivity contribution in [2.45, 2.75) is 20.4 Å². The molecule has 0 aliphatic carbocycles. The summed E-state index contributed by atoms with van der Waals surface area (Å²) in [6.45, 7) is 4.09. The molecule has 0 saturated heterocycles. The minimum Gasteiger partial charge on any atom is -0.350 e. The van der Waals surface area contributed by atoms with Crippen LogP contribution in [-0.2, 0) is 6.54 Å². The van der Waals surface area contributed by atoms with E-state index in [1.54, 1.807) is 37.3 Å². The second kappa shape index (κ2) is 8.14. The van der Waals surface area contributed by atoms with E-state index in [-0.39, 0.29) is 17.4 Å². The van der Waals surface area contributed by atoms with Crippen LogP contribution in [0.15, 0.2) is 48.5 Å². The first-order valence-electron chi connectivity index (χ1n) is 8.32. The van der Waals surface area contributed by atoms with Crippen molar-refractivity contribution in [1.82, 2.24) is 9.97 Å². The summed E-state index contributed by atoms with van der Waals surface area (Å²) >= 11 is 6.09. The molecule has 0 unspecified atom stereocenters. The number of nitrogens with zero attached hydrogens (tertiary/aromatic N) is 2. The molecule has 3 rings (SSSR count). The van der Waals surface area contributed by atoms with E-state index < -0.39 is 0 Å². The summed E-state index contributed by atoms with van der Waals surface area (Å²) in [5.74, 6) is -0.322. The fourth-order valence-corrected chi connectivity index (χ4v) is 2.59. The van der Waals surface area contributed by atoms with Gasteiger partial charge in [0.2, 0.25) is 5.95 Å². The molecule has 0 fully saturated rings. The zero-order valence-electron chi connectivity index (χ0n) is 14.9. The van der Waals surface area contributed by atoms with Gasteiger partial charge in [-0.1, -0.05) is 29.8 Å². The number of aryl methyl sites for hydroxylation is 2. The molecule has 0 aliphatic rings. The third-order valence-electron chi connectivity index (χ3n) is 3.88. The summed E-state index contributed by atoms with van der Waals surface area (Å²) in [6, 6.07) is 13.0. The Morgan fingerprint density at radius 3 is 2.52 bits per heavy atom. The fourth-order valence-electron chi connectivity index (χ4n) is 2.41. The molecule has 0 radical (unpaired) electrons. The number of rotatable bonds is 5. The summed E-state index contributed by atoms with van der Waals surface area (Å²) in [7, 11) is 0. The Morgan fingerprint density at radius 2 is 1.81 bits per heavy atom. The Kier molecular flexibility index (Phi) is 5.66. The van der Waals surface area contributed by atoms with Gasteiger partial charge in [-0.15, -0.1) is 0 Å². The smallest absolute Gasteiger partial charge is 0.274 e. The first-order chi connectivity index (χ1) is 12.9. The predicted molar refractivity (Wildman–Crippen MR) is 105 cm³/mol. The third kappa shape index (κ3) is 5.01. The summed E-state index contributed by atoms with van der Waals surface area (Å²) < 4.78 is 13.0. The molecule has 7 heteroatoms. The van der Waals surface area contributed by atoms with Crippen molar-refractivity contribution in [2.75, 3.05) is 10.6 Å². The lowest BCUT2D eigenvalue weighted by Gasteiger charge is -2.10. The molecule has 3 aromatic rings. The molecular formula is C20H18ClFN4O. The average molecular weight is 385 g/mol. The third-order valence-corrected chi connectivity index (χ3v) is 4.29. The minimum absolute atomic E-state index is 0.237. The van der Waals surface area contributed by atoms with Gasteiger partial charge in [-0.25, -0.2) is 14.4 Å². The Balaban J connectivity index is 1.72. The highest BCUT2D eigenvalue weighted by molar-refractivity contribution is 6.31. The van der Waals surface area contributed by atoms with E-state index in [4.69, 9.17) is 11.6 Å². The van der Waals surface area contributed by atoms with E-state index in [2.05, 4.69) is 20.6 Å². The number of benzene rings is 2. The lowest BCUT2D eigenvalue weighted by Crippen LogP contribution is -2.16. The lowest BCUT2D eigenvalue weighted by atomic mass is 10.2. The number of anilines is 2. The SMILES string of the molecule is Cc1cc(C(=O)Nc2ccc(C)c(Cl)c2)nc(NCc2ccc(F)cc2)n1. The van der Waals surface area contributed by atoms with Crippen LogP contribution < -0.4 is 10.6 Å². The zero-order valence-corrected chi connectivity index (χ0v) is 15.6. The van der Waals surface area contributed by atoms with Gasteiger partial charge in [0.25, 0.3) is 5.91 Å². The Morgan fingerprint density at radius 1 is 1.07 bits per heavy atom. The first kappa shape index (κ1) is 18.8. The van der Waals surface area contributed by atoms with Crippen LogP contribution in [0.2, 0.25) is 5.02 Å². The summed E-state index contributed by atoms with van der Waals surface area (Å²) in [4.78, 5) is 21.1. The van der Waals surface area contributed by atoms with Crippen LogP contribution in [0.25, 0.3) is 0 Å². The number of hydrogen-bond acceptors (Lipinski definition) is 4. The van der Waals surface area contributed by atoms with Crippen LogP contribution in [0.1, 0.15) is 27.3 Å². The molecule has 138 valence electrons. The molecule has 0 aliphatic heterocycles. The van der Waals surface area contributed by atoms with Crippen LogP contribution in [-0.4, -0.2) is 15.9 Å². The second-order valence-electron chi connectivity index (χ2n) is 6.12. The normalized spacial score (nSPS) is 10.5. The Labute approximate surface area is 161 Å². The van der Waals surface area contributed by atoms with Crippen LogP contribution in [0, 0.1) is 19.7 Å². The van der Waals surface area contributed by atoms with Crippen LogP contribution >= 0.6 is 11.6 Å². The number of amides is 1. The molecule has 2 aromatic carbocycles. The van der Waals surface area contributed by atoms with E-state index in [0.29, 0.717) is 28.9 Å². The number of carbonyl (C=O) groups excluding carboxylic acids is 1. The molecule has 5 nitrogen and oxygen atoms in total. The van der Waals surface area contributed by atoms with Gasteiger partial charge in [0.05, 0.1) is 0 Å². The van der Waals surface area contributed by atoms with Crippen molar-refractivity contribution in [3.63, 3.8) is 0 Å². The quantitative estimate of drug-likeness (QED) is 0.666. The maximum absolute atomic E-state index is 13.0. The van der Waals surface area contributed by atoms with Crippen LogP contribution in [0.4, 0.5) is 16.0 Å². The molecule has 2 N–H and O–H groups in total. The largest absolute Gasteiger partial charge is 0.350 e. The van der Waals surface area contributed by atoms with Gasteiger partial charge in [0, 0.05) is 22.9 Å². The fraction of sp³-hybridized carbons (Fsp3) is 0.150. The van der Waals surface area contributed by atoms with E-state index in [9.17, 15) is 9.18 Å².